The van der Waals surface area contributed by atoms with Crippen molar-refractivity contribution in [1.82, 2.24) is 15.0 Å². The van der Waals surface area contributed by atoms with Crippen molar-refractivity contribution in [3.05, 3.63) is 48.3 Å². The predicted molar refractivity (Wildman–Crippen MR) is 62.5 cm³/mol. The second kappa shape index (κ2) is 7.13. The minimum absolute atomic E-state index is 0.220. The van der Waals surface area contributed by atoms with Crippen LogP contribution in [0, 0.1) is 0 Å². The second-order valence-electron chi connectivity index (χ2n) is 3.16. The van der Waals surface area contributed by atoms with Crippen LogP contribution in [0.3, 0.4) is 0 Å². The summed E-state index contributed by atoms with van der Waals surface area (Å²) in [5.41, 5.74) is 6.60. The Bertz CT molecular complexity index is 428. The van der Waals surface area contributed by atoms with E-state index < -0.39 is 5.97 Å². The number of nitrogens with two attached hydrogens (primary N) is 1. The van der Waals surface area contributed by atoms with E-state index >= 15 is 0 Å². The summed E-state index contributed by atoms with van der Waals surface area (Å²) in [6.07, 6.45) is 7.17. The molecule has 6 nitrogen and oxygen atoms in total. The molecule has 6 heteroatoms. The number of hydrogen-bond donors (Lipinski definition) is 3. The highest BCUT2D eigenvalue weighted by Gasteiger charge is 1.97. The van der Waals surface area contributed by atoms with Crippen LogP contribution in [0.1, 0.15) is 16.1 Å². The lowest BCUT2D eigenvalue weighted by molar-refractivity contribution is 0.0696. The van der Waals surface area contributed by atoms with Crippen LogP contribution in [0.5, 0.6) is 0 Å². The summed E-state index contributed by atoms with van der Waals surface area (Å²) in [7, 11) is 0. The molecule has 0 fully saturated rings. The van der Waals surface area contributed by atoms with Crippen LogP contribution in [-0.2, 0) is 6.42 Å². The molecule has 0 spiro atoms. The Labute approximate surface area is 98.5 Å². The maximum absolute atomic E-state index is 10.2. The molecule has 0 aliphatic rings. The standard InChI is InChI=1S/C6H5NO2.C5H9N3/c8-6(9)5-2-1-3-7-4-5;6-2-1-5-3-7-4-8-5/h1-4H,(H,8,9);3-4H,1-2,6H2,(H,7,8). The molecular formula is C11H14N4O2. The number of imidazole rings is 1. The minimum atomic E-state index is -0.942. The molecule has 2 aromatic heterocycles. The maximum Gasteiger partial charge on any atom is 0.337 e. The van der Waals surface area contributed by atoms with Crippen molar-refractivity contribution in [2.45, 2.75) is 6.42 Å². The van der Waals surface area contributed by atoms with Gasteiger partial charge in [-0.05, 0) is 18.7 Å². The smallest absolute Gasteiger partial charge is 0.337 e. The van der Waals surface area contributed by atoms with Gasteiger partial charge in [0.05, 0.1) is 11.9 Å². The van der Waals surface area contributed by atoms with Crippen LogP contribution in [0.2, 0.25) is 0 Å². The number of aromatic amines is 1. The number of pyridine rings is 1. The minimum Gasteiger partial charge on any atom is -0.478 e. The molecule has 0 saturated heterocycles. The van der Waals surface area contributed by atoms with Gasteiger partial charge in [-0.1, -0.05) is 0 Å². The van der Waals surface area contributed by atoms with E-state index in [9.17, 15) is 4.79 Å². The van der Waals surface area contributed by atoms with Gasteiger partial charge in [-0.25, -0.2) is 9.78 Å². The van der Waals surface area contributed by atoms with E-state index in [4.69, 9.17) is 10.8 Å². The van der Waals surface area contributed by atoms with E-state index in [0.29, 0.717) is 6.54 Å². The Morgan fingerprint density at radius 1 is 1.41 bits per heavy atom. The number of aromatic nitrogens is 3. The molecular weight excluding hydrogens is 220 g/mol. The molecule has 0 aromatic carbocycles. The summed E-state index contributed by atoms with van der Waals surface area (Å²) in [6, 6.07) is 3.08. The Hall–Kier alpha value is -2.21. The summed E-state index contributed by atoms with van der Waals surface area (Å²) in [6.45, 7) is 0.683. The Balaban J connectivity index is 0.000000171. The molecule has 2 heterocycles. The number of carboxylic acid groups (broad SMARTS) is 1. The van der Waals surface area contributed by atoms with E-state index in [1.165, 1.54) is 18.5 Å². The van der Waals surface area contributed by atoms with Crippen molar-refractivity contribution < 1.29 is 9.90 Å². The van der Waals surface area contributed by atoms with E-state index in [2.05, 4.69) is 15.0 Å². The van der Waals surface area contributed by atoms with Crippen LogP contribution in [0.4, 0.5) is 0 Å². The second-order valence-corrected chi connectivity index (χ2v) is 3.16. The third-order valence-electron chi connectivity index (χ3n) is 1.88. The number of nitrogens with zero attached hydrogens (tertiary/aromatic N) is 2. The molecule has 0 unspecified atom stereocenters. The van der Waals surface area contributed by atoms with Crippen LogP contribution in [-0.4, -0.2) is 32.6 Å². The SMILES string of the molecule is NCCc1cnc[nH]1.O=C(O)c1cccnc1. The highest BCUT2D eigenvalue weighted by Crippen LogP contribution is 1.92. The molecule has 2 rings (SSSR count). The fourth-order valence-corrected chi connectivity index (χ4v) is 1.07. The van der Waals surface area contributed by atoms with Crippen LogP contribution >= 0.6 is 0 Å². The molecule has 0 bridgehead atoms. The largest absolute Gasteiger partial charge is 0.478 e. The third-order valence-corrected chi connectivity index (χ3v) is 1.88. The summed E-state index contributed by atoms with van der Waals surface area (Å²) in [5, 5.41) is 8.34. The summed E-state index contributed by atoms with van der Waals surface area (Å²) in [5.74, 6) is -0.942. The molecule has 0 amide bonds. The van der Waals surface area contributed by atoms with Crippen LogP contribution in [0.25, 0.3) is 0 Å². The zero-order chi connectivity index (χ0) is 12.5. The molecule has 2 aromatic rings. The van der Waals surface area contributed by atoms with Gasteiger partial charge >= 0.3 is 5.97 Å². The average Bonchev–Trinajstić information content (AvgIpc) is 2.84. The number of carbonyl (C=O) groups is 1. The average molecular weight is 234 g/mol. The lowest BCUT2D eigenvalue weighted by Crippen LogP contribution is -2.02. The molecule has 0 atom stereocenters. The normalized spacial score (nSPS) is 9.24. The molecule has 0 saturated carbocycles. The van der Waals surface area contributed by atoms with Crippen molar-refractivity contribution in [2.75, 3.05) is 6.54 Å². The highest BCUT2D eigenvalue weighted by molar-refractivity contribution is 5.86. The van der Waals surface area contributed by atoms with Gasteiger partial charge in [-0.3, -0.25) is 4.98 Å². The van der Waals surface area contributed by atoms with Gasteiger partial charge in [0.15, 0.2) is 0 Å². The summed E-state index contributed by atoms with van der Waals surface area (Å²) in [4.78, 5) is 20.6. The van der Waals surface area contributed by atoms with Crippen molar-refractivity contribution in [3.8, 4) is 0 Å². The zero-order valence-corrected chi connectivity index (χ0v) is 9.21. The van der Waals surface area contributed by atoms with Crippen LogP contribution in [0.15, 0.2) is 37.1 Å². The number of rotatable bonds is 3. The number of carboxylic acids is 1. The van der Waals surface area contributed by atoms with Crippen molar-refractivity contribution in [2.24, 2.45) is 5.73 Å². The molecule has 17 heavy (non-hydrogen) atoms. The van der Waals surface area contributed by atoms with Crippen molar-refractivity contribution in [1.29, 1.82) is 0 Å². The van der Waals surface area contributed by atoms with Gasteiger partial charge in [0.25, 0.3) is 0 Å². The Kier molecular flexibility index (Phi) is 5.39. The zero-order valence-electron chi connectivity index (χ0n) is 9.21. The number of hydrogen-bond acceptors (Lipinski definition) is 4. The fourth-order valence-electron chi connectivity index (χ4n) is 1.07. The summed E-state index contributed by atoms with van der Waals surface area (Å²) < 4.78 is 0. The molecule has 90 valence electrons. The van der Waals surface area contributed by atoms with E-state index in [-0.39, 0.29) is 5.56 Å². The lowest BCUT2D eigenvalue weighted by atomic mass is 10.3. The first-order valence-electron chi connectivity index (χ1n) is 5.04. The van der Waals surface area contributed by atoms with Gasteiger partial charge in [-0.15, -0.1) is 0 Å². The van der Waals surface area contributed by atoms with Gasteiger partial charge in [0.1, 0.15) is 0 Å². The number of H-pyrrole nitrogens is 1. The van der Waals surface area contributed by atoms with Crippen LogP contribution < -0.4 is 5.73 Å². The number of aromatic carboxylic acids is 1. The first kappa shape index (κ1) is 12.9. The topological polar surface area (TPSA) is 105 Å². The maximum atomic E-state index is 10.2. The molecule has 0 aliphatic heterocycles. The lowest BCUT2D eigenvalue weighted by Gasteiger charge is -1.87. The molecule has 0 radical (unpaired) electrons. The van der Waals surface area contributed by atoms with Gasteiger partial charge in [0, 0.05) is 30.7 Å². The van der Waals surface area contributed by atoms with Gasteiger partial charge in [0.2, 0.25) is 0 Å². The quantitative estimate of drug-likeness (QED) is 0.724. The Morgan fingerprint density at radius 2 is 2.24 bits per heavy atom. The number of nitrogens with one attached hydrogen (secondary N) is 1. The van der Waals surface area contributed by atoms with Crippen molar-refractivity contribution >= 4 is 5.97 Å². The van der Waals surface area contributed by atoms with E-state index in [1.54, 1.807) is 18.6 Å². The van der Waals surface area contributed by atoms with Gasteiger partial charge in [-0.2, -0.15) is 0 Å². The predicted octanol–water partition coefficient (Wildman–Crippen LogP) is 0.691. The molecule has 0 aliphatic carbocycles. The highest BCUT2D eigenvalue weighted by atomic mass is 16.4. The monoisotopic (exact) mass is 234 g/mol. The fraction of sp³-hybridized carbons (Fsp3) is 0.182. The third kappa shape index (κ3) is 4.89. The van der Waals surface area contributed by atoms with Crippen molar-refractivity contribution in [3.63, 3.8) is 0 Å². The van der Waals surface area contributed by atoms with E-state index in [0.717, 1.165) is 12.1 Å². The van der Waals surface area contributed by atoms with E-state index in [1.807, 2.05) is 0 Å². The first-order chi connectivity index (χ1) is 8.24. The first-order valence-corrected chi connectivity index (χ1v) is 5.04. The Morgan fingerprint density at radius 3 is 2.65 bits per heavy atom. The summed E-state index contributed by atoms with van der Waals surface area (Å²) >= 11 is 0. The molecule has 4 N–H and O–H groups in total. The van der Waals surface area contributed by atoms with Gasteiger partial charge < -0.3 is 15.8 Å².